The molecule has 3 rings (SSSR count). The van der Waals surface area contributed by atoms with E-state index in [1.165, 1.54) is 12.7 Å². The van der Waals surface area contributed by atoms with Gasteiger partial charge < -0.3 is 15.5 Å². The van der Waals surface area contributed by atoms with Gasteiger partial charge in [-0.15, -0.1) is 10.2 Å². The van der Waals surface area contributed by atoms with Crippen molar-refractivity contribution in [3.63, 3.8) is 0 Å². The van der Waals surface area contributed by atoms with Crippen LogP contribution in [0, 0.1) is 0 Å². The molecule has 0 aliphatic carbocycles. The van der Waals surface area contributed by atoms with Crippen LogP contribution >= 0.6 is 0 Å². The van der Waals surface area contributed by atoms with Crippen LogP contribution in [-0.4, -0.2) is 57.1 Å². The van der Waals surface area contributed by atoms with E-state index in [4.69, 9.17) is 0 Å². The van der Waals surface area contributed by atoms with E-state index >= 15 is 0 Å². The Morgan fingerprint density at radius 2 is 1.63 bits per heavy atom. The first-order valence-electron chi connectivity index (χ1n) is 8.20. The number of carbonyl (C=O) groups is 2. The number of nitrogens with zero attached hydrogens (tertiary/aromatic N) is 5. The lowest BCUT2D eigenvalue weighted by atomic mass is 10.2. The molecule has 2 aromatic heterocycles. The summed E-state index contributed by atoms with van der Waals surface area (Å²) < 4.78 is 1.60. The van der Waals surface area contributed by atoms with Gasteiger partial charge in [0.2, 0.25) is 5.91 Å². The quantitative estimate of drug-likeness (QED) is 0.684. The lowest BCUT2D eigenvalue weighted by Gasteiger charge is -2.14. The number of para-hydroxylation sites is 2. The van der Waals surface area contributed by atoms with Crippen LogP contribution in [-0.2, 0) is 4.79 Å². The average Bonchev–Trinajstić information content (AvgIpc) is 3.17. The fraction of sp³-hybridized carbons (Fsp3) is 0.167. The summed E-state index contributed by atoms with van der Waals surface area (Å²) in [5.74, 6) is -0.0334. The molecule has 0 aliphatic rings. The second kappa shape index (κ2) is 8.19. The Morgan fingerprint density at radius 1 is 0.963 bits per heavy atom. The number of amides is 2. The van der Waals surface area contributed by atoms with Crippen molar-refractivity contribution >= 4 is 23.2 Å². The molecule has 2 N–H and O–H groups in total. The Labute approximate surface area is 156 Å². The Morgan fingerprint density at radius 3 is 2.30 bits per heavy atom. The molecule has 2 amide bonds. The first kappa shape index (κ1) is 18.2. The molecule has 1 aromatic carbocycles. The van der Waals surface area contributed by atoms with Gasteiger partial charge in [-0.3, -0.25) is 14.2 Å². The predicted octanol–water partition coefficient (Wildman–Crippen LogP) is 1.41. The van der Waals surface area contributed by atoms with E-state index in [9.17, 15) is 9.59 Å². The maximum absolute atomic E-state index is 12.6. The molecule has 0 radical (unpaired) electrons. The summed E-state index contributed by atoms with van der Waals surface area (Å²) in [6, 6.07) is 12.1. The molecule has 2 heterocycles. The first-order chi connectivity index (χ1) is 13.0. The van der Waals surface area contributed by atoms with Gasteiger partial charge in [0.25, 0.3) is 5.91 Å². The molecule has 9 heteroatoms. The Balaban J connectivity index is 1.77. The van der Waals surface area contributed by atoms with Crippen LogP contribution in [0.4, 0.5) is 11.4 Å². The van der Waals surface area contributed by atoms with E-state index in [0.29, 0.717) is 17.2 Å². The molecule has 9 nitrogen and oxygen atoms in total. The van der Waals surface area contributed by atoms with Gasteiger partial charge in [0, 0.05) is 0 Å². The number of likely N-dealkylation sites (N-methyl/N-ethyl adjacent to an activating group) is 1. The van der Waals surface area contributed by atoms with Gasteiger partial charge in [-0.2, -0.15) is 0 Å². The lowest BCUT2D eigenvalue weighted by Crippen LogP contribution is -2.27. The first-order valence-corrected chi connectivity index (χ1v) is 8.20. The highest BCUT2D eigenvalue weighted by Gasteiger charge is 2.13. The van der Waals surface area contributed by atoms with Crippen molar-refractivity contribution in [2.24, 2.45) is 0 Å². The summed E-state index contributed by atoms with van der Waals surface area (Å²) >= 11 is 0. The standard InChI is InChI=1S/C18H19N7O2/c1-24(2)10-17(26)22-13-6-3-4-7-14(13)23-18(27)15-8-5-9-16(21-15)25-11-19-20-12-25/h3-9,11-12H,10H2,1-2H3,(H,22,26)(H,23,27). The number of aromatic nitrogens is 4. The number of nitrogens with one attached hydrogen (secondary N) is 2. The molecule has 0 atom stereocenters. The van der Waals surface area contributed by atoms with Crippen LogP contribution < -0.4 is 10.6 Å². The van der Waals surface area contributed by atoms with Crippen molar-refractivity contribution in [2.75, 3.05) is 31.3 Å². The van der Waals surface area contributed by atoms with Crippen LogP contribution in [0.2, 0.25) is 0 Å². The minimum atomic E-state index is -0.390. The summed E-state index contributed by atoms with van der Waals surface area (Å²) in [5.41, 5.74) is 1.24. The number of carbonyl (C=O) groups excluding carboxylic acids is 2. The van der Waals surface area contributed by atoms with E-state index in [-0.39, 0.29) is 24.1 Å². The summed E-state index contributed by atoms with van der Waals surface area (Å²) in [5, 5.41) is 13.0. The number of hydrogen-bond donors (Lipinski definition) is 2. The number of benzene rings is 1. The molecule has 27 heavy (non-hydrogen) atoms. The van der Waals surface area contributed by atoms with Crippen LogP contribution in [0.25, 0.3) is 5.82 Å². The normalized spacial score (nSPS) is 10.6. The minimum Gasteiger partial charge on any atom is -0.323 e. The van der Waals surface area contributed by atoms with Crippen molar-refractivity contribution in [3.8, 4) is 5.82 Å². The summed E-state index contributed by atoms with van der Waals surface area (Å²) in [7, 11) is 3.61. The van der Waals surface area contributed by atoms with Crippen LogP contribution in [0.5, 0.6) is 0 Å². The van der Waals surface area contributed by atoms with Gasteiger partial charge in [0.15, 0.2) is 0 Å². The number of rotatable bonds is 6. The highest BCUT2D eigenvalue weighted by atomic mass is 16.2. The topological polar surface area (TPSA) is 105 Å². The molecular weight excluding hydrogens is 346 g/mol. The van der Waals surface area contributed by atoms with Gasteiger partial charge in [-0.25, -0.2) is 4.98 Å². The lowest BCUT2D eigenvalue weighted by molar-refractivity contribution is -0.116. The fourth-order valence-corrected chi connectivity index (χ4v) is 2.38. The van der Waals surface area contributed by atoms with Crippen LogP contribution in [0.3, 0.4) is 0 Å². The van der Waals surface area contributed by atoms with Gasteiger partial charge in [-0.1, -0.05) is 18.2 Å². The van der Waals surface area contributed by atoms with Crippen LogP contribution in [0.1, 0.15) is 10.5 Å². The van der Waals surface area contributed by atoms with Crippen molar-refractivity contribution < 1.29 is 9.59 Å². The molecule has 0 saturated carbocycles. The third-order valence-corrected chi connectivity index (χ3v) is 3.56. The molecule has 3 aromatic rings. The Kier molecular flexibility index (Phi) is 5.53. The molecule has 0 unspecified atom stereocenters. The Bertz CT molecular complexity index is 938. The third-order valence-electron chi connectivity index (χ3n) is 3.56. The number of hydrogen-bond acceptors (Lipinski definition) is 6. The van der Waals surface area contributed by atoms with Gasteiger partial charge >= 0.3 is 0 Å². The fourth-order valence-electron chi connectivity index (χ4n) is 2.38. The second-order valence-electron chi connectivity index (χ2n) is 6.04. The zero-order valence-electron chi connectivity index (χ0n) is 15.0. The van der Waals surface area contributed by atoms with Gasteiger partial charge in [0.05, 0.1) is 17.9 Å². The van der Waals surface area contributed by atoms with Crippen molar-refractivity contribution in [1.29, 1.82) is 0 Å². The van der Waals surface area contributed by atoms with E-state index in [1.54, 1.807) is 51.9 Å². The zero-order chi connectivity index (χ0) is 19.2. The average molecular weight is 365 g/mol. The van der Waals surface area contributed by atoms with E-state index in [0.717, 1.165) is 0 Å². The summed E-state index contributed by atoms with van der Waals surface area (Å²) in [6.07, 6.45) is 3.00. The predicted molar refractivity (Wildman–Crippen MR) is 101 cm³/mol. The molecule has 0 spiro atoms. The van der Waals surface area contributed by atoms with Gasteiger partial charge in [-0.05, 0) is 38.4 Å². The van der Waals surface area contributed by atoms with Crippen molar-refractivity contribution in [3.05, 3.63) is 60.8 Å². The maximum atomic E-state index is 12.6. The van der Waals surface area contributed by atoms with E-state index in [2.05, 4.69) is 25.8 Å². The van der Waals surface area contributed by atoms with Gasteiger partial charge in [0.1, 0.15) is 24.2 Å². The monoisotopic (exact) mass is 365 g/mol. The second-order valence-corrected chi connectivity index (χ2v) is 6.04. The molecule has 0 aliphatic heterocycles. The summed E-state index contributed by atoms with van der Waals surface area (Å²) in [6.45, 7) is 0.241. The molecule has 0 saturated heterocycles. The Hall–Kier alpha value is -3.59. The smallest absolute Gasteiger partial charge is 0.274 e. The molecule has 0 fully saturated rings. The van der Waals surface area contributed by atoms with Crippen LogP contribution in [0.15, 0.2) is 55.1 Å². The number of pyridine rings is 1. The maximum Gasteiger partial charge on any atom is 0.274 e. The highest BCUT2D eigenvalue weighted by molar-refractivity contribution is 6.06. The zero-order valence-corrected chi connectivity index (χ0v) is 15.0. The molecule has 138 valence electrons. The minimum absolute atomic E-state index is 0.172. The highest BCUT2D eigenvalue weighted by Crippen LogP contribution is 2.21. The van der Waals surface area contributed by atoms with E-state index < -0.39 is 0 Å². The summed E-state index contributed by atoms with van der Waals surface area (Å²) in [4.78, 5) is 30.7. The molecule has 0 bridgehead atoms. The SMILES string of the molecule is CN(C)CC(=O)Nc1ccccc1NC(=O)c1cccc(-n2cnnc2)n1. The molecular formula is C18H19N7O2. The number of anilines is 2. The largest absolute Gasteiger partial charge is 0.323 e. The third kappa shape index (κ3) is 4.73. The van der Waals surface area contributed by atoms with Crippen molar-refractivity contribution in [1.82, 2.24) is 24.6 Å². The van der Waals surface area contributed by atoms with Crippen molar-refractivity contribution in [2.45, 2.75) is 0 Å². The van der Waals surface area contributed by atoms with E-state index in [1.807, 2.05) is 14.1 Å².